The summed E-state index contributed by atoms with van der Waals surface area (Å²) in [5.41, 5.74) is 2.37. The lowest BCUT2D eigenvalue weighted by molar-refractivity contribution is -0.274. The molecule has 3 aromatic rings. The van der Waals surface area contributed by atoms with E-state index >= 15 is 0 Å². The summed E-state index contributed by atoms with van der Waals surface area (Å²) in [4.78, 5) is 29.3. The molecule has 0 bridgehead atoms. The van der Waals surface area contributed by atoms with Crippen LogP contribution in [0.2, 0.25) is 0 Å². The zero-order valence-electron chi connectivity index (χ0n) is 22.6. The second-order valence-electron chi connectivity index (χ2n) is 11.0. The van der Waals surface area contributed by atoms with E-state index in [1.165, 1.54) is 38.3 Å². The number of imidazole rings is 1. The van der Waals surface area contributed by atoms with Crippen LogP contribution in [-0.2, 0) is 9.53 Å². The van der Waals surface area contributed by atoms with Crippen molar-refractivity contribution in [3.8, 4) is 5.75 Å². The van der Waals surface area contributed by atoms with Gasteiger partial charge in [0.1, 0.15) is 11.8 Å². The number of hydrogen-bond acceptors (Lipinski definition) is 6. The Morgan fingerprint density at radius 2 is 1.82 bits per heavy atom. The number of aromatic nitrogens is 2. The number of anilines is 2. The van der Waals surface area contributed by atoms with E-state index in [0.717, 1.165) is 24.8 Å². The lowest BCUT2D eigenvalue weighted by atomic mass is 9.70. The maximum atomic E-state index is 12.8. The number of hydrogen-bond donors (Lipinski definition) is 2. The fourth-order valence-electron chi connectivity index (χ4n) is 5.57. The Balaban J connectivity index is 1.70. The lowest BCUT2D eigenvalue weighted by Gasteiger charge is -2.40. The SMILES string of the molecule is COC(=O)[C@@H](C)NC(=O)c1ccc2c(c1)nc(Nc1ccc(OC(F)(F)F)cc1)n2C1CC(C)CC(C)(C)C1. The van der Waals surface area contributed by atoms with Gasteiger partial charge in [-0.05, 0) is 80.0 Å². The summed E-state index contributed by atoms with van der Waals surface area (Å²) in [6, 6.07) is 9.93. The van der Waals surface area contributed by atoms with Gasteiger partial charge in [0.25, 0.3) is 5.91 Å². The minimum absolute atomic E-state index is 0.108. The molecule has 1 aromatic heterocycles. The predicted octanol–water partition coefficient (Wildman–Crippen LogP) is 6.36. The van der Waals surface area contributed by atoms with E-state index in [2.05, 4.69) is 45.4 Å². The van der Waals surface area contributed by atoms with Crippen LogP contribution in [0.5, 0.6) is 5.75 Å². The van der Waals surface area contributed by atoms with E-state index in [1.54, 1.807) is 12.1 Å². The number of fused-ring (bicyclic) bond motifs is 1. The Kier molecular flexibility index (Phi) is 7.81. The van der Waals surface area contributed by atoms with Crippen molar-refractivity contribution < 1.29 is 32.2 Å². The molecule has 210 valence electrons. The van der Waals surface area contributed by atoms with E-state index in [9.17, 15) is 22.8 Å². The molecule has 1 amide bonds. The summed E-state index contributed by atoms with van der Waals surface area (Å²) >= 11 is 0. The molecule has 3 atom stereocenters. The first-order chi connectivity index (χ1) is 18.2. The highest BCUT2D eigenvalue weighted by molar-refractivity contribution is 5.99. The van der Waals surface area contributed by atoms with Gasteiger partial charge in [0, 0.05) is 17.3 Å². The number of nitrogens with zero attached hydrogens (tertiary/aromatic N) is 2. The van der Waals surface area contributed by atoms with Crippen LogP contribution in [0.1, 0.15) is 63.4 Å². The smallest absolute Gasteiger partial charge is 0.467 e. The van der Waals surface area contributed by atoms with Crippen molar-refractivity contribution in [3.63, 3.8) is 0 Å². The molecule has 0 aliphatic heterocycles. The first-order valence-corrected chi connectivity index (χ1v) is 12.8. The highest BCUT2D eigenvalue weighted by Crippen LogP contribution is 2.46. The molecular formula is C28H33F3N4O4. The summed E-state index contributed by atoms with van der Waals surface area (Å²) in [5, 5.41) is 5.87. The summed E-state index contributed by atoms with van der Waals surface area (Å²) in [6.45, 7) is 8.25. The van der Waals surface area contributed by atoms with Crippen LogP contribution in [0.25, 0.3) is 11.0 Å². The Hall–Kier alpha value is -3.76. The molecule has 11 heteroatoms. The van der Waals surface area contributed by atoms with Gasteiger partial charge >= 0.3 is 12.3 Å². The van der Waals surface area contributed by atoms with Crippen LogP contribution < -0.4 is 15.4 Å². The van der Waals surface area contributed by atoms with Gasteiger partial charge in [-0.1, -0.05) is 20.8 Å². The Labute approximate surface area is 224 Å². The zero-order valence-corrected chi connectivity index (χ0v) is 22.6. The number of alkyl halides is 3. The highest BCUT2D eigenvalue weighted by atomic mass is 19.4. The zero-order chi connectivity index (χ0) is 28.5. The first kappa shape index (κ1) is 28.3. The predicted molar refractivity (Wildman–Crippen MR) is 141 cm³/mol. The van der Waals surface area contributed by atoms with E-state index < -0.39 is 24.3 Å². The maximum Gasteiger partial charge on any atom is 0.573 e. The van der Waals surface area contributed by atoms with E-state index in [1.807, 2.05) is 6.07 Å². The molecule has 1 aliphatic carbocycles. The average molecular weight is 547 g/mol. The minimum Gasteiger partial charge on any atom is -0.467 e. The van der Waals surface area contributed by atoms with E-state index in [-0.39, 0.29) is 17.2 Å². The first-order valence-electron chi connectivity index (χ1n) is 12.8. The summed E-state index contributed by atoms with van der Waals surface area (Å²) in [6.07, 6.45) is -1.83. The number of nitrogens with one attached hydrogen (secondary N) is 2. The van der Waals surface area contributed by atoms with Crippen LogP contribution in [0.4, 0.5) is 24.8 Å². The van der Waals surface area contributed by atoms with Crippen LogP contribution in [0.3, 0.4) is 0 Å². The Morgan fingerprint density at radius 3 is 2.44 bits per heavy atom. The number of amides is 1. The average Bonchev–Trinajstić information content (AvgIpc) is 3.19. The standard InChI is InChI=1S/C28H33F3N4O4/c1-16-12-20(15-27(3,4)14-16)35-23-11-6-18(24(36)32-17(2)25(37)38-5)13-22(23)34-26(35)33-19-7-9-21(10-8-19)39-28(29,30)31/h6-11,13,16-17,20H,12,14-15H2,1-5H3,(H,32,36)(H,33,34)/t16?,17-,20?/m1/s1. The summed E-state index contributed by atoms with van der Waals surface area (Å²) in [7, 11) is 1.25. The highest BCUT2D eigenvalue weighted by Gasteiger charge is 2.35. The van der Waals surface area contributed by atoms with Crippen molar-refractivity contribution in [2.75, 3.05) is 12.4 Å². The van der Waals surface area contributed by atoms with Crippen molar-refractivity contribution in [2.45, 2.75) is 65.4 Å². The largest absolute Gasteiger partial charge is 0.573 e. The molecule has 2 aromatic carbocycles. The molecule has 1 saturated carbocycles. The minimum atomic E-state index is -4.77. The number of halogens is 3. The van der Waals surface area contributed by atoms with Gasteiger partial charge in [0.15, 0.2) is 0 Å². The third-order valence-corrected chi connectivity index (χ3v) is 6.93. The van der Waals surface area contributed by atoms with Gasteiger partial charge in [-0.2, -0.15) is 0 Å². The summed E-state index contributed by atoms with van der Waals surface area (Å²) in [5.74, 6) is -0.314. The fraction of sp³-hybridized carbons (Fsp3) is 0.464. The summed E-state index contributed by atoms with van der Waals surface area (Å²) < 4.78 is 48.5. The van der Waals surface area contributed by atoms with Gasteiger partial charge in [-0.25, -0.2) is 9.78 Å². The van der Waals surface area contributed by atoms with Crippen LogP contribution in [-0.4, -0.2) is 40.9 Å². The second kappa shape index (κ2) is 10.8. The van der Waals surface area contributed by atoms with Gasteiger partial charge < -0.3 is 24.7 Å². The molecule has 1 aliphatic rings. The third-order valence-electron chi connectivity index (χ3n) is 6.93. The van der Waals surface area contributed by atoms with Crippen molar-refractivity contribution in [1.29, 1.82) is 0 Å². The van der Waals surface area contributed by atoms with Crippen molar-refractivity contribution in [2.24, 2.45) is 11.3 Å². The van der Waals surface area contributed by atoms with Crippen LogP contribution in [0, 0.1) is 11.3 Å². The molecule has 2 unspecified atom stereocenters. The van der Waals surface area contributed by atoms with Crippen molar-refractivity contribution in [1.82, 2.24) is 14.9 Å². The van der Waals surface area contributed by atoms with Crippen molar-refractivity contribution >= 4 is 34.5 Å². The van der Waals surface area contributed by atoms with Gasteiger partial charge in [-0.15, -0.1) is 13.2 Å². The maximum absolute atomic E-state index is 12.8. The van der Waals surface area contributed by atoms with Gasteiger partial charge in [0.05, 0.1) is 18.1 Å². The number of carbonyl (C=O) groups is 2. The molecule has 8 nitrogen and oxygen atoms in total. The molecule has 0 saturated heterocycles. The molecule has 1 fully saturated rings. The number of benzene rings is 2. The Bertz CT molecular complexity index is 1350. The van der Waals surface area contributed by atoms with Gasteiger partial charge in [0.2, 0.25) is 5.95 Å². The molecular weight excluding hydrogens is 513 g/mol. The van der Waals surface area contributed by atoms with Gasteiger partial charge in [-0.3, -0.25) is 4.79 Å². The van der Waals surface area contributed by atoms with E-state index in [4.69, 9.17) is 4.98 Å². The molecule has 39 heavy (non-hydrogen) atoms. The quantitative estimate of drug-likeness (QED) is 0.335. The molecule has 2 N–H and O–H groups in total. The number of carbonyl (C=O) groups excluding carboxylic acids is 2. The number of methoxy groups -OCH3 is 1. The van der Waals surface area contributed by atoms with Crippen LogP contribution in [0.15, 0.2) is 42.5 Å². The monoisotopic (exact) mass is 546 g/mol. The molecule has 1 heterocycles. The third kappa shape index (κ3) is 6.82. The number of esters is 1. The fourth-order valence-corrected chi connectivity index (χ4v) is 5.57. The normalized spacial score (nSPS) is 19.8. The van der Waals surface area contributed by atoms with Crippen molar-refractivity contribution in [3.05, 3.63) is 48.0 Å². The van der Waals surface area contributed by atoms with Crippen LogP contribution >= 0.6 is 0 Å². The Morgan fingerprint density at radius 1 is 1.13 bits per heavy atom. The molecule has 0 spiro atoms. The number of rotatable bonds is 7. The number of ether oxygens (including phenoxy) is 2. The van der Waals surface area contributed by atoms with E-state index in [0.29, 0.717) is 28.6 Å². The second-order valence-corrected chi connectivity index (χ2v) is 11.0. The molecule has 0 radical (unpaired) electrons. The topological polar surface area (TPSA) is 94.5 Å². The molecule has 4 rings (SSSR count). The lowest BCUT2D eigenvalue weighted by Crippen LogP contribution is -2.39.